The molecule has 5 heteroatoms. The number of carboxylic acids is 1. The predicted molar refractivity (Wildman–Crippen MR) is 69.4 cm³/mol. The summed E-state index contributed by atoms with van der Waals surface area (Å²) in [5.74, 6) is -1.15. The highest BCUT2D eigenvalue weighted by Crippen LogP contribution is 2.25. The Kier molecular flexibility index (Phi) is 4.73. The minimum Gasteiger partial charge on any atom is -0.480 e. The topological polar surface area (TPSA) is 78.4 Å². The molecule has 3 N–H and O–H groups in total. The zero-order chi connectivity index (χ0) is 13.8. The normalized spacial score (nSPS) is 26.6. The molecule has 1 saturated heterocycles. The summed E-state index contributed by atoms with van der Waals surface area (Å²) in [5, 5.41) is 15.2. The van der Waals surface area contributed by atoms with Crippen LogP contribution in [0.1, 0.15) is 52.9 Å². The van der Waals surface area contributed by atoms with Gasteiger partial charge in [0.05, 0.1) is 5.54 Å². The molecule has 1 fully saturated rings. The SMILES string of the molecule is CCCC(C)(NC(=O)C1(CC)CCCN1)C(=O)O. The molecular formula is C13H24N2O3. The van der Waals surface area contributed by atoms with E-state index in [9.17, 15) is 14.7 Å². The largest absolute Gasteiger partial charge is 0.480 e. The molecule has 0 aromatic heterocycles. The number of rotatable bonds is 6. The number of carbonyl (C=O) groups excluding carboxylic acids is 1. The average Bonchev–Trinajstić information content (AvgIpc) is 2.78. The van der Waals surface area contributed by atoms with Crippen LogP contribution < -0.4 is 10.6 Å². The average molecular weight is 256 g/mol. The molecule has 1 aliphatic heterocycles. The second kappa shape index (κ2) is 5.69. The lowest BCUT2D eigenvalue weighted by atomic mass is 9.89. The van der Waals surface area contributed by atoms with Gasteiger partial charge in [-0.25, -0.2) is 4.79 Å². The first-order valence-electron chi connectivity index (χ1n) is 6.71. The molecule has 0 saturated carbocycles. The van der Waals surface area contributed by atoms with E-state index < -0.39 is 17.0 Å². The number of aliphatic carboxylic acids is 1. The van der Waals surface area contributed by atoms with E-state index in [0.717, 1.165) is 25.8 Å². The number of carbonyl (C=O) groups is 2. The van der Waals surface area contributed by atoms with E-state index in [4.69, 9.17) is 0 Å². The number of hydrogen-bond donors (Lipinski definition) is 3. The van der Waals surface area contributed by atoms with E-state index in [0.29, 0.717) is 12.8 Å². The molecule has 1 aliphatic rings. The van der Waals surface area contributed by atoms with Crippen molar-refractivity contribution in [3.05, 3.63) is 0 Å². The lowest BCUT2D eigenvalue weighted by Gasteiger charge is -2.33. The summed E-state index contributed by atoms with van der Waals surface area (Å²) in [7, 11) is 0. The van der Waals surface area contributed by atoms with Crippen LogP contribution in [0.4, 0.5) is 0 Å². The Morgan fingerprint density at radius 1 is 1.44 bits per heavy atom. The smallest absolute Gasteiger partial charge is 0.329 e. The fourth-order valence-corrected chi connectivity index (χ4v) is 2.56. The van der Waals surface area contributed by atoms with Gasteiger partial charge in [-0.2, -0.15) is 0 Å². The van der Waals surface area contributed by atoms with Gasteiger partial charge in [-0.1, -0.05) is 20.3 Å². The molecule has 104 valence electrons. The summed E-state index contributed by atoms with van der Waals surface area (Å²) in [6.45, 7) is 6.26. The zero-order valence-electron chi connectivity index (χ0n) is 11.5. The first-order chi connectivity index (χ1) is 8.40. The van der Waals surface area contributed by atoms with Crippen LogP contribution in [0.25, 0.3) is 0 Å². The minimum absolute atomic E-state index is 0.180. The van der Waals surface area contributed by atoms with Gasteiger partial charge in [-0.3, -0.25) is 4.79 Å². The molecule has 1 amide bonds. The molecule has 0 aliphatic carbocycles. The van der Waals surface area contributed by atoms with Crippen molar-refractivity contribution < 1.29 is 14.7 Å². The first-order valence-corrected chi connectivity index (χ1v) is 6.71. The Balaban J connectivity index is 2.81. The molecule has 0 aromatic rings. The second-order valence-corrected chi connectivity index (χ2v) is 5.31. The summed E-state index contributed by atoms with van der Waals surface area (Å²) >= 11 is 0. The van der Waals surface area contributed by atoms with Gasteiger partial charge in [0, 0.05) is 0 Å². The quantitative estimate of drug-likeness (QED) is 0.669. The number of amides is 1. The maximum atomic E-state index is 12.4. The van der Waals surface area contributed by atoms with Crippen molar-refractivity contribution >= 4 is 11.9 Å². The Hall–Kier alpha value is -1.10. The monoisotopic (exact) mass is 256 g/mol. The van der Waals surface area contributed by atoms with Crippen LogP contribution in [-0.4, -0.2) is 34.6 Å². The highest BCUT2D eigenvalue weighted by Gasteiger charge is 2.43. The van der Waals surface area contributed by atoms with Gasteiger partial charge >= 0.3 is 5.97 Å². The van der Waals surface area contributed by atoms with Crippen molar-refractivity contribution in [2.24, 2.45) is 0 Å². The predicted octanol–water partition coefficient (Wildman–Crippen LogP) is 1.28. The van der Waals surface area contributed by atoms with Gasteiger partial charge in [0.25, 0.3) is 0 Å². The van der Waals surface area contributed by atoms with Crippen LogP contribution in [-0.2, 0) is 9.59 Å². The Bertz CT molecular complexity index is 324. The Labute approximate surface area is 108 Å². The number of carboxylic acid groups (broad SMARTS) is 1. The third kappa shape index (κ3) is 2.83. The summed E-state index contributed by atoms with van der Waals surface area (Å²) in [5.41, 5.74) is -1.75. The summed E-state index contributed by atoms with van der Waals surface area (Å²) in [6.07, 6.45) is 3.57. The van der Waals surface area contributed by atoms with Gasteiger partial charge in [0.1, 0.15) is 5.54 Å². The summed E-state index contributed by atoms with van der Waals surface area (Å²) in [6, 6.07) is 0. The van der Waals surface area contributed by atoms with E-state index in [1.807, 2.05) is 13.8 Å². The molecule has 1 heterocycles. The minimum atomic E-state index is -1.17. The van der Waals surface area contributed by atoms with E-state index in [-0.39, 0.29) is 5.91 Å². The standard InChI is InChI=1S/C13H24N2O3/c1-4-7-12(3,11(17)18)15-10(16)13(5-2)8-6-9-14-13/h14H,4-9H2,1-3H3,(H,15,16)(H,17,18). The van der Waals surface area contributed by atoms with Gasteiger partial charge in [-0.05, 0) is 39.2 Å². The molecule has 2 unspecified atom stereocenters. The van der Waals surface area contributed by atoms with E-state index >= 15 is 0 Å². The second-order valence-electron chi connectivity index (χ2n) is 5.31. The first kappa shape index (κ1) is 15.0. The highest BCUT2D eigenvalue weighted by atomic mass is 16.4. The number of nitrogens with one attached hydrogen (secondary N) is 2. The van der Waals surface area contributed by atoms with E-state index in [2.05, 4.69) is 10.6 Å². The third-order valence-electron chi connectivity index (χ3n) is 3.89. The summed E-state index contributed by atoms with van der Waals surface area (Å²) in [4.78, 5) is 23.7. The van der Waals surface area contributed by atoms with Crippen molar-refractivity contribution in [1.29, 1.82) is 0 Å². The molecule has 0 spiro atoms. The van der Waals surface area contributed by atoms with Crippen molar-refractivity contribution in [2.75, 3.05) is 6.54 Å². The van der Waals surface area contributed by atoms with Crippen molar-refractivity contribution in [3.63, 3.8) is 0 Å². The van der Waals surface area contributed by atoms with Crippen LogP contribution in [0.5, 0.6) is 0 Å². The fourth-order valence-electron chi connectivity index (χ4n) is 2.56. The van der Waals surface area contributed by atoms with Gasteiger partial charge < -0.3 is 15.7 Å². The van der Waals surface area contributed by atoms with E-state index in [1.165, 1.54) is 0 Å². The lowest BCUT2D eigenvalue weighted by Crippen LogP contribution is -2.61. The van der Waals surface area contributed by atoms with Gasteiger partial charge in [0.2, 0.25) is 5.91 Å². The van der Waals surface area contributed by atoms with Crippen molar-refractivity contribution in [2.45, 2.75) is 64.0 Å². The molecule has 5 nitrogen and oxygen atoms in total. The Morgan fingerprint density at radius 3 is 2.50 bits per heavy atom. The van der Waals surface area contributed by atoms with Crippen molar-refractivity contribution in [3.8, 4) is 0 Å². The fraction of sp³-hybridized carbons (Fsp3) is 0.846. The van der Waals surface area contributed by atoms with Crippen LogP contribution in [0.3, 0.4) is 0 Å². The zero-order valence-corrected chi connectivity index (χ0v) is 11.5. The van der Waals surface area contributed by atoms with Gasteiger partial charge in [0.15, 0.2) is 0 Å². The maximum Gasteiger partial charge on any atom is 0.329 e. The van der Waals surface area contributed by atoms with Crippen LogP contribution in [0.15, 0.2) is 0 Å². The highest BCUT2D eigenvalue weighted by molar-refractivity contribution is 5.92. The lowest BCUT2D eigenvalue weighted by molar-refractivity contribution is -0.148. The summed E-state index contributed by atoms with van der Waals surface area (Å²) < 4.78 is 0. The molecule has 0 bridgehead atoms. The maximum absolute atomic E-state index is 12.4. The number of hydrogen-bond acceptors (Lipinski definition) is 3. The molecule has 1 rings (SSSR count). The third-order valence-corrected chi connectivity index (χ3v) is 3.89. The molecule has 2 atom stereocenters. The van der Waals surface area contributed by atoms with Crippen LogP contribution in [0, 0.1) is 0 Å². The van der Waals surface area contributed by atoms with Crippen LogP contribution >= 0.6 is 0 Å². The molecular weight excluding hydrogens is 232 g/mol. The molecule has 0 aromatic carbocycles. The van der Waals surface area contributed by atoms with E-state index in [1.54, 1.807) is 6.92 Å². The van der Waals surface area contributed by atoms with Crippen molar-refractivity contribution in [1.82, 2.24) is 10.6 Å². The van der Waals surface area contributed by atoms with Crippen LogP contribution in [0.2, 0.25) is 0 Å². The Morgan fingerprint density at radius 2 is 2.11 bits per heavy atom. The molecule has 18 heavy (non-hydrogen) atoms. The molecule has 0 radical (unpaired) electrons. The van der Waals surface area contributed by atoms with Gasteiger partial charge in [-0.15, -0.1) is 0 Å².